The number of amides is 1. The number of aromatic nitrogens is 2. The Balaban J connectivity index is 1.59. The van der Waals surface area contributed by atoms with Gasteiger partial charge in [0.15, 0.2) is 0 Å². The largest absolute Gasteiger partial charge is 0.337 e. The third-order valence-electron chi connectivity index (χ3n) is 5.81. The molecule has 1 amide bonds. The minimum absolute atomic E-state index is 0.000180. The van der Waals surface area contributed by atoms with E-state index in [4.69, 9.17) is 4.98 Å². The van der Waals surface area contributed by atoms with Crippen molar-refractivity contribution in [2.75, 3.05) is 27.2 Å². The first kappa shape index (κ1) is 19.8. The molecule has 0 aliphatic carbocycles. The summed E-state index contributed by atoms with van der Waals surface area (Å²) in [5.41, 5.74) is 2.12. The topological polar surface area (TPSA) is 58.4 Å². The molecule has 6 nitrogen and oxygen atoms in total. The first-order valence-electron chi connectivity index (χ1n) is 10.2. The van der Waals surface area contributed by atoms with Crippen LogP contribution in [0, 0.1) is 5.82 Å². The zero-order chi connectivity index (χ0) is 20.5. The quantitative estimate of drug-likeness (QED) is 0.790. The van der Waals surface area contributed by atoms with Gasteiger partial charge in [-0.2, -0.15) is 0 Å². The van der Waals surface area contributed by atoms with Crippen molar-refractivity contribution in [1.82, 2.24) is 19.4 Å². The monoisotopic (exact) mass is 398 g/mol. The number of fused-ring (bicyclic) bond motifs is 2. The van der Waals surface area contributed by atoms with Crippen LogP contribution >= 0.6 is 0 Å². The van der Waals surface area contributed by atoms with Crippen molar-refractivity contribution < 1.29 is 9.18 Å². The molecule has 2 aliphatic heterocycles. The average molecular weight is 398 g/mol. The van der Waals surface area contributed by atoms with Gasteiger partial charge in [-0.15, -0.1) is 0 Å². The third-order valence-corrected chi connectivity index (χ3v) is 5.81. The molecule has 2 aliphatic rings. The highest BCUT2D eigenvalue weighted by molar-refractivity contribution is 5.79. The number of likely N-dealkylation sites (N-methyl/N-ethyl adjacent to an activating group) is 1. The first-order chi connectivity index (χ1) is 13.9. The summed E-state index contributed by atoms with van der Waals surface area (Å²) in [6.45, 7) is 1.62. The van der Waals surface area contributed by atoms with Crippen molar-refractivity contribution in [3.05, 3.63) is 63.1 Å². The van der Waals surface area contributed by atoms with Crippen LogP contribution in [0.3, 0.4) is 0 Å². The van der Waals surface area contributed by atoms with E-state index in [0.29, 0.717) is 24.1 Å². The standard InChI is InChI=1S/C22H27FN4O2/c1-25(2)13-17-7-4-8-20-24-19-9-10-26(14-18(19)22(29)27(17)20)21(28)12-15-5-3-6-16(23)11-15/h3,5-6,11,17H,4,7-10,12-14H2,1-2H3/t17-/m0/s1. The fraction of sp³-hybridized carbons (Fsp3) is 0.500. The second kappa shape index (κ2) is 8.06. The van der Waals surface area contributed by atoms with E-state index in [1.807, 2.05) is 18.7 Å². The molecular weight excluding hydrogens is 371 g/mol. The third kappa shape index (κ3) is 4.10. The number of carbonyl (C=O) groups excluding carboxylic acids is 1. The van der Waals surface area contributed by atoms with E-state index in [9.17, 15) is 14.0 Å². The van der Waals surface area contributed by atoms with Gasteiger partial charge in [0, 0.05) is 25.9 Å². The summed E-state index contributed by atoms with van der Waals surface area (Å²) in [7, 11) is 4.02. The van der Waals surface area contributed by atoms with Crippen LogP contribution in [0.1, 0.15) is 41.5 Å². The van der Waals surface area contributed by atoms with Crippen LogP contribution in [0.25, 0.3) is 0 Å². The maximum Gasteiger partial charge on any atom is 0.259 e. The Kier molecular flexibility index (Phi) is 5.50. The molecule has 0 unspecified atom stereocenters. The van der Waals surface area contributed by atoms with Crippen LogP contribution in [0.4, 0.5) is 4.39 Å². The van der Waals surface area contributed by atoms with Gasteiger partial charge in [0.05, 0.1) is 30.3 Å². The molecule has 1 aromatic heterocycles. The zero-order valence-corrected chi connectivity index (χ0v) is 17.0. The normalized spacial score (nSPS) is 18.5. The maximum atomic E-state index is 13.4. The van der Waals surface area contributed by atoms with Gasteiger partial charge in [-0.1, -0.05) is 12.1 Å². The summed E-state index contributed by atoms with van der Waals surface area (Å²) in [4.78, 5) is 34.7. The maximum absolute atomic E-state index is 13.4. The Hall–Kier alpha value is -2.54. The van der Waals surface area contributed by atoms with Crippen molar-refractivity contribution in [1.29, 1.82) is 0 Å². The van der Waals surface area contributed by atoms with E-state index in [1.54, 1.807) is 17.0 Å². The van der Waals surface area contributed by atoms with Gasteiger partial charge < -0.3 is 9.80 Å². The number of benzene rings is 1. The lowest BCUT2D eigenvalue weighted by Crippen LogP contribution is -2.45. The van der Waals surface area contributed by atoms with E-state index >= 15 is 0 Å². The molecule has 1 aromatic carbocycles. The van der Waals surface area contributed by atoms with Gasteiger partial charge in [0.25, 0.3) is 5.56 Å². The Bertz CT molecular complexity index is 985. The highest BCUT2D eigenvalue weighted by Crippen LogP contribution is 2.25. The molecule has 0 fully saturated rings. The summed E-state index contributed by atoms with van der Waals surface area (Å²) in [6, 6.07) is 6.23. The molecule has 4 rings (SSSR count). The summed E-state index contributed by atoms with van der Waals surface area (Å²) in [6.07, 6.45) is 3.56. The minimum atomic E-state index is -0.347. The molecule has 0 radical (unpaired) electrons. The molecule has 2 aromatic rings. The minimum Gasteiger partial charge on any atom is -0.337 e. The number of nitrogens with zero attached hydrogens (tertiary/aromatic N) is 4. The number of rotatable bonds is 4. The molecular formula is C22H27FN4O2. The SMILES string of the molecule is CN(C)C[C@@H]1CCCc2nc3c(c(=O)n21)CN(C(=O)Cc1cccc(F)c1)CC3. The van der Waals surface area contributed by atoms with Crippen molar-refractivity contribution >= 4 is 5.91 Å². The fourth-order valence-corrected chi connectivity index (χ4v) is 4.46. The lowest BCUT2D eigenvalue weighted by atomic mass is 10.00. The second-order valence-corrected chi connectivity index (χ2v) is 8.31. The Morgan fingerprint density at radius 3 is 2.90 bits per heavy atom. The number of aryl methyl sites for hydroxylation is 1. The molecule has 1 atom stereocenters. The smallest absolute Gasteiger partial charge is 0.259 e. The fourth-order valence-electron chi connectivity index (χ4n) is 4.46. The molecule has 29 heavy (non-hydrogen) atoms. The van der Waals surface area contributed by atoms with E-state index < -0.39 is 0 Å². The summed E-state index contributed by atoms with van der Waals surface area (Å²) in [5, 5.41) is 0. The number of carbonyl (C=O) groups is 1. The summed E-state index contributed by atoms with van der Waals surface area (Å²) >= 11 is 0. The van der Waals surface area contributed by atoms with Crippen LogP contribution in [0.15, 0.2) is 29.1 Å². The Labute approximate surface area is 170 Å². The van der Waals surface area contributed by atoms with Crippen LogP contribution < -0.4 is 5.56 Å². The van der Waals surface area contributed by atoms with Crippen molar-refractivity contribution in [3.8, 4) is 0 Å². The first-order valence-corrected chi connectivity index (χ1v) is 10.2. The van der Waals surface area contributed by atoms with Crippen molar-refractivity contribution in [2.24, 2.45) is 0 Å². The van der Waals surface area contributed by atoms with Crippen LogP contribution in [0.5, 0.6) is 0 Å². The lowest BCUT2D eigenvalue weighted by molar-refractivity contribution is -0.131. The molecule has 154 valence electrons. The Morgan fingerprint density at radius 2 is 2.14 bits per heavy atom. The van der Waals surface area contributed by atoms with Crippen LogP contribution in [-0.2, 0) is 30.6 Å². The van der Waals surface area contributed by atoms with E-state index in [2.05, 4.69) is 4.90 Å². The molecule has 7 heteroatoms. The van der Waals surface area contributed by atoms with Crippen LogP contribution in [0.2, 0.25) is 0 Å². The van der Waals surface area contributed by atoms with Gasteiger partial charge in [-0.05, 0) is 44.6 Å². The highest BCUT2D eigenvalue weighted by Gasteiger charge is 2.30. The predicted octanol–water partition coefficient (Wildman–Crippen LogP) is 1.95. The Morgan fingerprint density at radius 1 is 1.31 bits per heavy atom. The van der Waals surface area contributed by atoms with Crippen molar-refractivity contribution in [3.63, 3.8) is 0 Å². The molecule has 3 heterocycles. The van der Waals surface area contributed by atoms with Gasteiger partial charge in [-0.3, -0.25) is 14.2 Å². The van der Waals surface area contributed by atoms with E-state index in [0.717, 1.165) is 37.3 Å². The molecule has 0 saturated heterocycles. The van der Waals surface area contributed by atoms with Gasteiger partial charge >= 0.3 is 0 Å². The summed E-state index contributed by atoms with van der Waals surface area (Å²) in [5.74, 6) is 0.444. The molecule has 0 bridgehead atoms. The number of hydrogen-bond acceptors (Lipinski definition) is 4. The predicted molar refractivity (Wildman–Crippen MR) is 108 cm³/mol. The average Bonchev–Trinajstić information content (AvgIpc) is 2.67. The van der Waals surface area contributed by atoms with E-state index in [-0.39, 0.29) is 36.3 Å². The molecule has 0 saturated carbocycles. The highest BCUT2D eigenvalue weighted by atomic mass is 19.1. The molecule has 0 N–H and O–H groups in total. The number of hydrogen-bond donors (Lipinski definition) is 0. The van der Waals surface area contributed by atoms with Crippen LogP contribution in [-0.4, -0.2) is 52.4 Å². The van der Waals surface area contributed by atoms with Gasteiger partial charge in [0.2, 0.25) is 5.91 Å². The summed E-state index contributed by atoms with van der Waals surface area (Å²) < 4.78 is 15.3. The van der Waals surface area contributed by atoms with Crippen molar-refractivity contribution in [2.45, 2.75) is 44.7 Å². The van der Waals surface area contributed by atoms with E-state index in [1.165, 1.54) is 12.1 Å². The zero-order valence-electron chi connectivity index (χ0n) is 17.0. The lowest BCUT2D eigenvalue weighted by Gasteiger charge is -2.33. The number of halogens is 1. The second-order valence-electron chi connectivity index (χ2n) is 8.31. The van der Waals surface area contributed by atoms with Gasteiger partial charge in [0.1, 0.15) is 11.6 Å². The molecule has 0 spiro atoms. The van der Waals surface area contributed by atoms with Gasteiger partial charge in [-0.25, -0.2) is 9.37 Å².